The number of nitro benzene ring substituents is 1. The Kier molecular flexibility index (Phi) is 3.84. The Balaban J connectivity index is 3.02. The summed E-state index contributed by atoms with van der Waals surface area (Å²) in [6.07, 6.45) is 0. The van der Waals surface area contributed by atoms with Crippen molar-refractivity contribution in [1.29, 1.82) is 0 Å². The molecule has 0 amide bonds. The number of nitro groups is 1. The second kappa shape index (κ2) is 4.92. The number of ether oxygens (including phenoxy) is 1. The molecule has 1 aromatic rings. The predicted octanol–water partition coefficient (Wildman–Crippen LogP) is 2.18. The summed E-state index contributed by atoms with van der Waals surface area (Å²) in [5.41, 5.74) is -0.911. The van der Waals surface area contributed by atoms with Gasteiger partial charge in [0, 0.05) is 11.8 Å². The molecule has 0 heterocycles. The van der Waals surface area contributed by atoms with Crippen LogP contribution in [0.3, 0.4) is 0 Å². The number of halogens is 2. The van der Waals surface area contributed by atoms with Crippen LogP contribution < -0.4 is 4.74 Å². The van der Waals surface area contributed by atoms with E-state index >= 15 is 0 Å². The first-order valence-corrected chi connectivity index (χ1v) is 4.56. The van der Waals surface area contributed by atoms with Gasteiger partial charge in [0.2, 0.25) is 5.82 Å². The molecular weight excluding hydrogens is 228 g/mol. The average molecular weight is 235 g/mol. The Hall–Kier alpha value is -1.37. The Bertz CT molecular complexity index is 386. The third kappa shape index (κ3) is 2.79. The molecule has 0 bridgehead atoms. The molecule has 0 N–H and O–H groups in total. The molecule has 0 aliphatic heterocycles. The minimum Gasteiger partial charge on any atom is -0.490 e. The van der Waals surface area contributed by atoms with Crippen LogP contribution in [0.5, 0.6) is 5.75 Å². The van der Waals surface area contributed by atoms with E-state index in [1.54, 1.807) is 0 Å². The molecule has 82 valence electrons. The van der Waals surface area contributed by atoms with E-state index in [4.69, 9.17) is 4.74 Å². The van der Waals surface area contributed by atoms with Crippen molar-refractivity contribution >= 4 is 18.3 Å². The smallest absolute Gasteiger partial charge is 0.307 e. The highest BCUT2D eigenvalue weighted by molar-refractivity contribution is 7.80. The summed E-state index contributed by atoms with van der Waals surface area (Å²) in [6.45, 7) is 0.0945. The first kappa shape index (κ1) is 11.7. The van der Waals surface area contributed by atoms with Crippen LogP contribution >= 0.6 is 12.6 Å². The van der Waals surface area contributed by atoms with Crippen molar-refractivity contribution in [3.05, 3.63) is 33.9 Å². The monoisotopic (exact) mass is 235 g/mol. The van der Waals surface area contributed by atoms with Crippen LogP contribution in [0.15, 0.2) is 12.1 Å². The molecule has 0 atom stereocenters. The first-order valence-electron chi connectivity index (χ1n) is 3.93. The summed E-state index contributed by atoms with van der Waals surface area (Å²) in [4.78, 5) is 9.25. The van der Waals surface area contributed by atoms with Crippen LogP contribution in [-0.4, -0.2) is 17.3 Å². The van der Waals surface area contributed by atoms with Crippen LogP contribution in [0, 0.1) is 21.7 Å². The lowest BCUT2D eigenvalue weighted by molar-refractivity contribution is -0.387. The number of benzene rings is 1. The van der Waals surface area contributed by atoms with E-state index in [0.717, 1.165) is 0 Å². The van der Waals surface area contributed by atoms with E-state index in [1.165, 1.54) is 0 Å². The topological polar surface area (TPSA) is 52.4 Å². The van der Waals surface area contributed by atoms with E-state index in [9.17, 15) is 18.9 Å². The van der Waals surface area contributed by atoms with Gasteiger partial charge in [-0.25, -0.2) is 4.39 Å². The molecule has 0 aromatic heterocycles. The second-order valence-corrected chi connectivity index (χ2v) is 3.01. The average Bonchev–Trinajstić information content (AvgIpc) is 2.18. The van der Waals surface area contributed by atoms with Gasteiger partial charge in [-0.1, -0.05) is 0 Å². The zero-order valence-corrected chi connectivity index (χ0v) is 8.34. The van der Waals surface area contributed by atoms with Crippen molar-refractivity contribution in [2.75, 3.05) is 12.4 Å². The molecule has 0 unspecified atom stereocenters. The van der Waals surface area contributed by atoms with Gasteiger partial charge in [0.15, 0.2) is 11.6 Å². The summed E-state index contributed by atoms with van der Waals surface area (Å²) < 4.78 is 30.9. The van der Waals surface area contributed by atoms with Gasteiger partial charge in [0.25, 0.3) is 0 Å². The molecule has 0 fully saturated rings. The molecule has 0 radical (unpaired) electrons. The maximum Gasteiger partial charge on any atom is 0.307 e. The molecule has 0 spiro atoms. The molecule has 0 aliphatic carbocycles. The lowest BCUT2D eigenvalue weighted by Crippen LogP contribution is -2.02. The van der Waals surface area contributed by atoms with E-state index in [-0.39, 0.29) is 12.4 Å². The van der Waals surface area contributed by atoms with Crippen molar-refractivity contribution in [2.45, 2.75) is 0 Å². The van der Waals surface area contributed by atoms with Crippen LogP contribution in [-0.2, 0) is 0 Å². The fourth-order valence-corrected chi connectivity index (χ4v) is 1.02. The van der Waals surface area contributed by atoms with Gasteiger partial charge < -0.3 is 4.74 Å². The highest BCUT2D eigenvalue weighted by atomic mass is 32.1. The summed E-state index contributed by atoms with van der Waals surface area (Å²) in [5, 5.41) is 10.2. The van der Waals surface area contributed by atoms with Crippen molar-refractivity contribution in [1.82, 2.24) is 0 Å². The largest absolute Gasteiger partial charge is 0.490 e. The molecular formula is C8H7F2NO3S. The third-order valence-corrected chi connectivity index (χ3v) is 1.73. The van der Waals surface area contributed by atoms with Gasteiger partial charge in [-0.2, -0.15) is 17.0 Å². The molecule has 0 aliphatic rings. The lowest BCUT2D eigenvalue weighted by atomic mass is 10.3. The standard InChI is InChI=1S/C8H7F2NO3S/c9-5-4-8(14-1-2-15)6(10)3-7(5)11(12)13/h3-4,15H,1-2H2. The van der Waals surface area contributed by atoms with E-state index in [0.29, 0.717) is 17.9 Å². The van der Waals surface area contributed by atoms with Gasteiger partial charge >= 0.3 is 5.69 Å². The lowest BCUT2D eigenvalue weighted by Gasteiger charge is -2.05. The molecule has 4 nitrogen and oxygen atoms in total. The fraction of sp³-hybridized carbons (Fsp3) is 0.250. The van der Waals surface area contributed by atoms with Crippen LogP contribution in [0.1, 0.15) is 0 Å². The van der Waals surface area contributed by atoms with Crippen molar-refractivity contribution in [2.24, 2.45) is 0 Å². The summed E-state index contributed by atoms with van der Waals surface area (Å²) in [6, 6.07) is 1.14. The van der Waals surface area contributed by atoms with Gasteiger partial charge in [-0.3, -0.25) is 10.1 Å². The summed E-state index contributed by atoms with van der Waals surface area (Å²) >= 11 is 3.81. The molecule has 15 heavy (non-hydrogen) atoms. The van der Waals surface area contributed by atoms with Crippen LogP contribution in [0.2, 0.25) is 0 Å². The highest BCUT2D eigenvalue weighted by Crippen LogP contribution is 2.26. The maximum absolute atomic E-state index is 13.1. The number of hydrogen-bond donors (Lipinski definition) is 1. The van der Waals surface area contributed by atoms with Crippen molar-refractivity contribution in [3.8, 4) is 5.75 Å². The zero-order chi connectivity index (χ0) is 11.4. The number of rotatable bonds is 4. The maximum atomic E-state index is 13.1. The number of nitrogens with zero attached hydrogens (tertiary/aromatic N) is 1. The minimum atomic E-state index is -1.13. The predicted molar refractivity (Wildman–Crippen MR) is 52.4 cm³/mol. The van der Waals surface area contributed by atoms with Gasteiger partial charge in [0.1, 0.15) is 0 Å². The quantitative estimate of drug-likeness (QED) is 0.494. The van der Waals surface area contributed by atoms with E-state index in [1.807, 2.05) is 0 Å². The normalized spacial score (nSPS) is 10.1. The zero-order valence-electron chi connectivity index (χ0n) is 7.44. The third-order valence-electron chi connectivity index (χ3n) is 1.55. The van der Waals surface area contributed by atoms with E-state index in [2.05, 4.69) is 12.6 Å². The first-order chi connectivity index (χ1) is 7.06. The van der Waals surface area contributed by atoms with E-state index < -0.39 is 22.2 Å². The molecule has 0 saturated carbocycles. The van der Waals surface area contributed by atoms with Crippen LogP contribution in [0.25, 0.3) is 0 Å². The number of hydrogen-bond acceptors (Lipinski definition) is 4. The minimum absolute atomic E-state index is 0.0945. The van der Waals surface area contributed by atoms with Crippen LogP contribution in [0.4, 0.5) is 14.5 Å². The van der Waals surface area contributed by atoms with Crippen molar-refractivity contribution < 1.29 is 18.4 Å². The van der Waals surface area contributed by atoms with Gasteiger partial charge in [-0.05, 0) is 0 Å². The van der Waals surface area contributed by atoms with Gasteiger partial charge in [-0.15, -0.1) is 0 Å². The highest BCUT2D eigenvalue weighted by Gasteiger charge is 2.18. The fourth-order valence-electron chi connectivity index (χ4n) is 0.924. The molecule has 0 saturated heterocycles. The van der Waals surface area contributed by atoms with Crippen molar-refractivity contribution in [3.63, 3.8) is 0 Å². The molecule has 1 rings (SSSR count). The Morgan fingerprint density at radius 3 is 2.60 bits per heavy atom. The van der Waals surface area contributed by atoms with Gasteiger partial charge in [0.05, 0.1) is 17.6 Å². The number of thiol groups is 1. The SMILES string of the molecule is O=[N+]([O-])c1cc(F)c(OCCS)cc1F. The molecule has 7 heteroatoms. The molecule has 1 aromatic carbocycles. The Labute approximate surface area is 89.4 Å². The second-order valence-electron chi connectivity index (χ2n) is 2.56. The summed E-state index contributed by atoms with van der Waals surface area (Å²) in [7, 11) is 0. The summed E-state index contributed by atoms with van der Waals surface area (Å²) in [5.74, 6) is -2.12. The Morgan fingerprint density at radius 2 is 2.07 bits per heavy atom. The Morgan fingerprint density at radius 1 is 1.40 bits per heavy atom.